The van der Waals surface area contributed by atoms with E-state index in [1.54, 1.807) is 17.5 Å². The van der Waals surface area contributed by atoms with Gasteiger partial charge in [-0.2, -0.15) is 0 Å². The number of hydrogen-bond acceptors (Lipinski definition) is 4. The Hall–Kier alpha value is -1.95. The summed E-state index contributed by atoms with van der Waals surface area (Å²) < 4.78 is 0. The number of nitrogens with one attached hydrogen (secondary N) is 1. The number of amides is 2. The molecule has 2 amide bonds. The van der Waals surface area contributed by atoms with Gasteiger partial charge in [0.1, 0.15) is 0 Å². The minimum absolute atomic E-state index is 0.0000968. The van der Waals surface area contributed by atoms with Gasteiger partial charge in [-0.1, -0.05) is 6.07 Å². The maximum absolute atomic E-state index is 12.4. The zero-order chi connectivity index (χ0) is 15.4. The minimum Gasteiger partial charge on any atom is -0.338 e. The number of thiazole rings is 1. The summed E-state index contributed by atoms with van der Waals surface area (Å²) in [5, 5.41) is 6.12. The number of carbonyl (C=O) groups is 1. The molecule has 22 heavy (non-hydrogen) atoms. The van der Waals surface area contributed by atoms with Gasteiger partial charge < -0.3 is 10.2 Å². The Morgan fingerprint density at radius 1 is 1.50 bits per heavy atom. The van der Waals surface area contributed by atoms with Gasteiger partial charge in [-0.05, 0) is 31.9 Å². The third-order valence-electron chi connectivity index (χ3n) is 3.87. The van der Waals surface area contributed by atoms with E-state index in [-0.39, 0.29) is 12.1 Å². The fraction of sp³-hybridized carbons (Fsp3) is 0.438. The molecular formula is C16H20N4OS. The van der Waals surface area contributed by atoms with Crippen LogP contribution < -0.4 is 5.32 Å². The van der Waals surface area contributed by atoms with E-state index in [1.165, 1.54) is 0 Å². The van der Waals surface area contributed by atoms with E-state index in [9.17, 15) is 4.79 Å². The van der Waals surface area contributed by atoms with Crippen molar-refractivity contribution in [1.82, 2.24) is 20.2 Å². The molecule has 0 saturated carbocycles. The predicted octanol–water partition coefficient (Wildman–Crippen LogP) is 2.94. The molecule has 6 heteroatoms. The molecule has 0 aliphatic carbocycles. The molecule has 0 aromatic carbocycles. The van der Waals surface area contributed by atoms with E-state index in [0.717, 1.165) is 42.2 Å². The Morgan fingerprint density at radius 2 is 2.41 bits per heavy atom. The van der Waals surface area contributed by atoms with Gasteiger partial charge >= 0.3 is 6.03 Å². The standard InChI is InChI=1S/C16H20N4OS/c1-12-19-13(11-22-12)7-9-18-16(21)20-10-4-6-15(20)14-5-2-3-8-17-14/h2-3,5,8,11,15H,4,6-7,9-10H2,1H3,(H,18,21)/t15-/m1/s1. The van der Waals surface area contributed by atoms with Crippen molar-refractivity contribution in [2.24, 2.45) is 0 Å². The number of likely N-dealkylation sites (tertiary alicyclic amines) is 1. The molecule has 0 unspecified atom stereocenters. The van der Waals surface area contributed by atoms with Gasteiger partial charge in [-0.25, -0.2) is 9.78 Å². The third-order valence-corrected chi connectivity index (χ3v) is 4.69. The lowest BCUT2D eigenvalue weighted by molar-refractivity contribution is 0.192. The van der Waals surface area contributed by atoms with Crippen molar-refractivity contribution in [2.45, 2.75) is 32.2 Å². The minimum atomic E-state index is 0.0000968. The van der Waals surface area contributed by atoms with Crippen LogP contribution in [-0.4, -0.2) is 34.0 Å². The maximum atomic E-state index is 12.4. The Labute approximate surface area is 134 Å². The van der Waals surface area contributed by atoms with Crippen molar-refractivity contribution in [2.75, 3.05) is 13.1 Å². The van der Waals surface area contributed by atoms with Gasteiger partial charge in [-0.15, -0.1) is 11.3 Å². The van der Waals surface area contributed by atoms with Crippen LogP contribution in [0.1, 0.15) is 35.3 Å². The summed E-state index contributed by atoms with van der Waals surface area (Å²) in [4.78, 5) is 23.1. The molecule has 5 nitrogen and oxygen atoms in total. The van der Waals surface area contributed by atoms with Crippen LogP contribution in [0.25, 0.3) is 0 Å². The molecule has 0 bridgehead atoms. The van der Waals surface area contributed by atoms with E-state index in [0.29, 0.717) is 6.54 Å². The van der Waals surface area contributed by atoms with Crippen LogP contribution in [0.4, 0.5) is 4.79 Å². The summed E-state index contributed by atoms with van der Waals surface area (Å²) in [6.45, 7) is 3.41. The topological polar surface area (TPSA) is 58.1 Å². The Bertz CT molecular complexity index is 628. The van der Waals surface area contributed by atoms with Crippen LogP contribution in [0.3, 0.4) is 0 Å². The van der Waals surface area contributed by atoms with Crippen LogP contribution in [0.5, 0.6) is 0 Å². The molecule has 1 fully saturated rings. The predicted molar refractivity (Wildman–Crippen MR) is 86.9 cm³/mol. The zero-order valence-electron chi connectivity index (χ0n) is 12.7. The molecule has 3 rings (SSSR count). The highest BCUT2D eigenvalue weighted by molar-refractivity contribution is 7.09. The summed E-state index contributed by atoms with van der Waals surface area (Å²) >= 11 is 1.64. The smallest absolute Gasteiger partial charge is 0.317 e. The molecule has 0 spiro atoms. The summed E-state index contributed by atoms with van der Waals surface area (Å²) in [7, 11) is 0. The Morgan fingerprint density at radius 3 is 3.14 bits per heavy atom. The second-order valence-corrected chi connectivity index (χ2v) is 6.51. The first kappa shape index (κ1) is 15.0. The lowest BCUT2D eigenvalue weighted by atomic mass is 10.1. The second kappa shape index (κ2) is 6.87. The molecule has 1 saturated heterocycles. The summed E-state index contributed by atoms with van der Waals surface area (Å²) in [5.41, 5.74) is 2.02. The van der Waals surface area contributed by atoms with Gasteiger partial charge in [0.2, 0.25) is 0 Å². The van der Waals surface area contributed by atoms with E-state index >= 15 is 0 Å². The van der Waals surface area contributed by atoms with E-state index in [4.69, 9.17) is 0 Å². The first-order valence-corrected chi connectivity index (χ1v) is 8.48. The molecular weight excluding hydrogens is 296 g/mol. The van der Waals surface area contributed by atoms with Crippen molar-refractivity contribution in [1.29, 1.82) is 0 Å². The van der Waals surface area contributed by atoms with Crippen LogP contribution in [0, 0.1) is 6.92 Å². The molecule has 1 atom stereocenters. The summed E-state index contributed by atoms with van der Waals surface area (Å²) in [6, 6.07) is 5.97. The molecule has 1 N–H and O–H groups in total. The third kappa shape index (κ3) is 3.44. The van der Waals surface area contributed by atoms with Crippen LogP contribution in [-0.2, 0) is 6.42 Å². The second-order valence-electron chi connectivity index (χ2n) is 5.45. The Kier molecular flexibility index (Phi) is 4.68. The monoisotopic (exact) mass is 316 g/mol. The van der Waals surface area contributed by atoms with Crippen molar-refractivity contribution >= 4 is 17.4 Å². The normalized spacial score (nSPS) is 17.7. The highest BCUT2D eigenvalue weighted by Crippen LogP contribution is 2.30. The van der Waals surface area contributed by atoms with Crippen molar-refractivity contribution in [3.05, 3.63) is 46.2 Å². The number of hydrogen-bond donors (Lipinski definition) is 1. The quantitative estimate of drug-likeness (QED) is 0.943. The maximum Gasteiger partial charge on any atom is 0.317 e. The Balaban J connectivity index is 1.55. The lowest BCUT2D eigenvalue weighted by Gasteiger charge is -2.24. The SMILES string of the molecule is Cc1nc(CCNC(=O)N2CCC[C@@H]2c2ccccn2)cs1. The number of urea groups is 1. The molecule has 1 aliphatic heterocycles. The van der Waals surface area contributed by atoms with Gasteiger partial charge in [0.15, 0.2) is 0 Å². The van der Waals surface area contributed by atoms with E-state index in [2.05, 4.69) is 15.3 Å². The zero-order valence-corrected chi connectivity index (χ0v) is 13.5. The van der Waals surface area contributed by atoms with Crippen LogP contribution in [0.2, 0.25) is 0 Å². The lowest BCUT2D eigenvalue weighted by Crippen LogP contribution is -2.40. The van der Waals surface area contributed by atoms with E-state index < -0.39 is 0 Å². The van der Waals surface area contributed by atoms with Crippen LogP contribution >= 0.6 is 11.3 Å². The number of nitrogens with zero attached hydrogens (tertiary/aromatic N) is 3. The average Bonchev–Trinajstić information content (AvgIpc) is 3.17. The number of carbonyl (C=O) groups excluding carboxylic acids is 1. The first-order valence-electron chi connectivity index (χ1n) is 7.60. The number of pyridine rings is 1. The van der Waals surface area contributed by atoms with Gasteiger partial charge in [0.25, 0.3) is 0 Å². The van der Waals surface area contributed by atoms with Crippen molar-refractivity contribution in [3.8, 4) is 0 Å². The first-order chi connectivity index (χ1) is 10.7. The van der Waals surface area contributed by atoms with Crippen molar-refractivity contribution in [3.63, 3.8) is 0 Å². The van der Waals surface area contributed by atoms with Gasteiger partial charge in [0, 0.05) is 31.1 Å². The number of aromatic nitrogens is 2. The van der Waals surface area contributed by atoms with Gasteiger partial charge in [0.05, 0.1) is 22.4 Å². The van der Waals surface area contributed by atoms with Gasteiger partial charge in [-0.3, -0.25) is 4.98 Å². The summed E-state index contributed by atoms with van der Waals surface area (Å²) in [5.74, 6) is 0. The molecule has 2 aromatic rings. The molecule has 116 valence electrons. The molecule has 3 heterocycles. The fourth-order valence-corrected chi connectivity index (χ4v) is 3.46. The van der Waals surface area contributed by atoms with Crippen LogP contribution in [0.15, 0.2) is 29.8 Å². The highest BCUT2D eigenvalue weighted by Gasteiger charge is 2.30. The summed E-state index contributed by atoms with van der Waals surface area (Å²) in [6.07, 6.45) is 4.57. The average molecular weight is 316 g/mol. The highest BCUT2D eigenvalue weighted by atomic mass is 32.1. The molecule has 1 aliphatic rings. The molecule has 0 radical (unpaired) electrons. The number of rotatable bonds is 4. The van der Waals surface area contributed by atoms with E-state index in [1.807, 2.05) is 35.4 Å². The largest absolute Gasteiger partial charge is 0.338 e. The number of aryl methyl sites for hydroxylation is 1. The fourth-order valence-electron chi connectivity index (χ4n) is 2.81. The van der Waals surface area contributed by atoms with Crippen molar-refractivity contribution < 1.29 is 4.79 Å². The molecule has 2 aromatic heterocycles.